The smallest absolute Gasteiger partial charge is 0.140 e. The molecule has 1 aliphatic rings. The molecule has 0 aromatic carbocycles. The van der Waals surface area contributed by atoms with Gasteiger partial charge in [-0.15, -0.1) is 0 Å². The van der Waals surface area contributed by atoms with Crippen molar-refractivity contribution in [2.45, 2.75) is 45.3 Å². The fraction of sp³-hybridized carbons (Fsp3) is 0.818. The van der Waals surface area contributed by atoms with Crippen molar-refractivity contribution < 1.29 is 4.74 Å². The van der Waals surface area contributed by atoms with Crippen LogP contribution in [0.3, 0.4) is 0 Å². The molecule has 0 spiro atoms. The van der Waals surface area contributed by atoms with Gasteiger partial charge in [-0.1, -0.05) is 6.92 Å². The van der Waals surface area contributed by atoms with Crippen molar-refractivity contribution >= 4 is 0 Å². The predicted octanol–water partition coefficient (Wildman–Crippen LogP) is 0.957. The zero-order chi connectivity index (χ0) is 11.2. The Morgan fingerprint density at radius 2 is 2.38 bits per heavy atom. The highest BCUT2D eigenvalue weighted by atomic mass is 16.5. The van der Waals surface area contributed by atoms with E-state index in [0.29, 0.717) is 12.6 Å². The Hall–Kier alpha value is -0.940. The Labute approximate surface area is 96.2 Å². The second kappa shape index (κ2) is 5.96. The maximum Gasteiger partial charge on any atom is 0.140 e. The topological polar surface area (TPSA) is 52.0 Å². The molecule has 16 heavy (non-hydrogen) atoms. The number of hydrogen-bond acceptors (Lipinski definition) is 4. The van der Waals surface area contributed by atoms with Gasteiger partial charge in [0.1, 0.15) is 12.2 Å². The molecule has 1 fully saturated rings. The van der Waals surface area contributed by atoms with Crippen molar-refractivity contribution in [3.63, 3.8) is 0 Å². The molecule has 1 N–H and O–H groups in total. The third-order valence-electron chi connectivity index (χ3n) is 2.62. The Morgan fingerprint density at radius 3 is 3.12 bits per heavy atom. The Kier molecular flexibility index (Phi) is 4.30. The summed E-state index contributed by atoms with van der Waals surface area (Å²) in [7, 11) is 0. The monoisotopic (exact) mass is 224 g/mol. The lowest BCUT2D eigenvalue weighted by atomic mass is 10.5. The van der Waals surface area contributed by atoms with Gasteiger partial charge in [-0.05, 0) is 19.3 Å². The second-order valence-corrected chi connectivity index (χ2v) is 4.17. The normalized spacial score (nSPS) is 15.6. The summed E-state index contributed by atoms with van der Waals surface area (Å²) < 4.78 is 7.36. The van der Waals surface area contributed by atoms with Gasteiger partial charge in [0.25, 0.3) is 0 Å². The minimum atomic E-state index is 0.710. The predicted molar refractivity (Wildman–Crippen MR) is 61.0 cm³/mol. The minimum Gasteiger partial charge on any atom is -0.380 e. The molecule has 0 aliphatic heterocycles. The molecule has 1 heterocycles. The summed E-state index contributed by atoms with van der Waals surface area (Å²) in [5.74, 6) is 1.01. The number of ether oxygens (including phenoxy) is 1. The van der Waals surface area contributed by atoms with E-state index in [1.165, 1.54) is 12.8 Å². The molecule has 0 bridgehead atoms. The molecule has 0 atom stereocenters. The first-order valence-electron chi connectivity index (χ1n) is 6.08. The summed E-state index contributed by atoms with van der Waals surface area (Å²) in [6.45, 7) is 5.26. The molecule has 5 heteroatoms. The van der Waals surface area contributed by atoms with Gasteiger partial charge in [-0.2, -0.15) is 5.10 Å². The number of hydrogen-bond donors (Lipinski definition) is 1. The summed E-state index contributed by atoms with van der Waals surface area (Å²) >= 11 is 0. The number of nitrogens with one attached hydrogen (secondary N) is 1. The van der Waals surface area contributed by atoms with Crippen molar-refractivity contribution in [3.8, 4) is 0 Å². The van der Waals surface area contributed by atoms with Crippen LogP contribution in [0.2, 0.25) is 0 Å². The van der Waals surface area contributed by atoms with E-state index in [1.807, 2.05) is 4.68 Å². The standard InChI is InChI=1S/C11H20N4O/c1-2-6-16-7-5-15-11(13-9-14-15)8-12-10-3-4-10/h9-10,12H,2-8H2,1H3. The van der Waals surface area contributed by atoms with Gasteiger partial charge in [0, 0.05) is 12.6 Å². The van der Waals surface area contributed by atoms with Crippen LogP contribution in [-0.4, -0.2) is 34.0 Å². The number of aromatic nitrogens is 3. The fourth-order valence-electron chi connectivity index (χ4n) is 1.53. The lowest BCUT2D eigenvalue weighted by molar-refractivity contribution is 0.123. The first kappa shape index (κ1) is 11.5. The largest absolute Gasteiger partial charge is 0.380 e. The van der Waals surface area contributed by atoms with Crippen molar-refractivity contribution in [1.82, 2.24) is 20.1 Å². The van der Waals surface area contributed by atoms with Crippen LogP contribution in [0, 0.1) is 0 Å². The van der Waals surface area contributed by atoms with E-state index < -0.39 is 0 Å². The van der Waals surface area contributed by atoms with E-state index in [1.54, 1.807) is 6.33 Å². The molecular weight excluding hydrogens is 204 g/mol. The Morgan fingerprint density at radius 1 is 1.50 bits per heavy atom. The molecule has 0 unspecified atom stereocenters. The third kappa shape index (κ3) is 3.57. The SMILES string of the molecule is CCCOCCn1ncnc1CNC1CC1. The fourth-order valence-corrected chi connectivity index (χ4v) is 1.53. The summed E-state index contributed by atoms with van der Waals surface area (Å²) in [5.41, 5.74) is 0. The van der Waals surface area contributed by atoms with Gasteiger partial charge >= 0.3 is 0 Å². The van der Waals surface area contributed by atoms with Gasteiger partial charge in [0.15, 0.2) is 0 Å². The molecule has 1 aromatic rings. The zero-order valence-electron chi connectivity index (χ0n) is 9.85. The lowest BCUT2D eigenvalue weighted by Gasteiger charge is -2.07. The number of nitrogens with zero attached hydrogens (tertiary/aromatic N) is 3. The van der Waals surface area contributed by atoms with Gasteiger partial charge in [-0.3, -0.25) is 0 Å². The van der Waals surface area contributed by atoms with Crippen LogP contribution >= 0.6 is 0 Å². The van der Waals surface area contributed by atoms with Crippen LogP contribution in [0.15, 0.2) is 6.33 Å². The molecule has 5 nitrogen and oxygen atoms in total. The van der Waals surface area contributed by atoms with E-state index >= 15 is 0 Å². The quantitative estimate of drug-likeness (QED) is 0.668. The molecule has 1 aromatic heterocycles. The second-order valence-electron chi connectivity index (χ2n) is 4.17. The summed E-state index contributed by atoms with van der Waals surface area (Å²) in [6.07, 6.45) is 5.28. The van der Waals surface area contributed by atoms with E-state index in [2.05, 4.69) is 22.3 Å². The van der Waals surface area contributed by atoms with Crippen LogP contribution in [0.1, 0.15) is 32.0 Å². The van der Waals surface area contributed by atoms with E-state index in [4.69, 9.17) is 4.74 Å². The molecule has 0 saturated heterocycles. The molecule has 2 rings (SSSR count). The Bertz CT molecular complexity index is 309. The summed E-state index contributed by atoms with van der Waals surface area (Å²) in [5, 5.41) is 7.63. The van der Waals surface area contributed by atoms with Crippen LogP contribution in [-0.2, 0) is 17.8 Å². The van der Waals surface area contributed by atoms with E-state index in [-0.39, 0.29) is 0 Å². The minimum absolute atomic E-state index is 0.710. The Balaban J connectivity index is 1.71. The van der Waals surface area contributed by atoms with Gasteiger partial charge in [-0.25, -0.2) is 9.67 Å². The molecule has 0 radical (unpaired) electrons. The number of rotatable bonds is 8. The van der Waals surface area contributed by atoms with Crippen LogP contribution in [0.5, 0.6) is 0 Å². The molecule has 0 amide bonds. The summed E-state index contributed by atoms with van der Waals surface area (Å²) in [6, 6.07) is 0.710. The van der Waals surface area contributed by atoms with Crippen molar-refractivity contribution in [3.05, 3.63) is 12.2 Å². The maximum atomic E-state index is 5.44. The van der Waals surface area contributed by atoms with E-state index in [9.17, 15) is 0 Å². The molecular formula is C11H20N4O. The molecule has 90 valence electrons. The zero-order valence-corrected chi connectivity index (χ0v) is 9.85. The lowest BCUT2D eigenvalue weighted by Crippen LogP contribution is -2.20. The van der Waals surface area contributed by atoms with Gasteiger partial charge < -0.3 is 10.1 Å². The highest BCUT2D eigenvalue weighted by Gasteiger charge is 2.20. The van der Waals surface area contributed by atoms with Gasteiger partial charge in [0.2, 0.25) is 0 Å². The first-order chi connectivity index (χ1) is 7.90. The summed E-state index contributed by atoms with van der Waals surface area (Å²) in [4.78, 5) is 4.25. The third-order valence-corrected chi connectivity index (χ3v) is 2.62. The van der Waals surface area contributed by atoms with Crippen LogP contribution in [0.4, 0.5) is 0 Å². The maximum absolute atomic E-state index is 5.44. The molecule has 1 saturated carbocycles. The van der Waals surface area contributed by atoms with Gasteiger partial charge in [0.05, 0.1) is 19.7 Å². The molecule has 1 aliphatic carbocycles. The highest BCUT2D eigenvalue weighted by molar-refractivity contribution is 4.88. The van der Waals surface area contributed by atoms with Crippen molar-refractivity contribution in [2.24, 2.45) is 0 Å². The highest BCUT2D eigenvalue weighted by Crippen LogP contribution is 2.18. The average molecular weight is 224 g/mol. The first-order valence-corrected chi connectivity index (χ1v) is 6.08. The van der Waals surface area contributed by atoms with E-state index in [0.717, 1.165) is 31.9 Å². The van der Waals surface area contributed by atoms with Crippen molar-refractivity contribution in [2.75, 3.05) is 13.2 Å². The average Bonchev–Trinajstić information content (AvgIpc) is 3.02. The van der Waals surface area contributed by atoms with Crippen LogP contribution < -0.4 is 5.32 Å². The van der Waals surface area contributed by atoms with Crippen molar-refractivity contribution in [1.29, 1.82) is 0 Å². The van der Waals surface area contributed by atoms with Crippen LogP contribution in [0.25, 0.3) is 0 Å².